The molecular formula is C17H23NO3S. The number of rotatable bonds is 1. The van der Waals surface area contributed by atoms with Crippen molar-refractivity contribution in [1.29, 1.82) is 0 Å². The number of carbonyl (C=O) groups is 1. The number of fused-ring (bicyclic) bond motifs is 1. The van der Waals surface area contributed by atoms with Crippen LogP contribution in [-0.4, -0.2) is 36.3 Å². The second-order valence-electron chi connectivity index (χ2n) is 7.23. The molecule has 0 spiro atoms. The Morgan fingerprint density at radius 1 is 1.32 bits per heavy atom. The summed E-state index contributed by atoms with van der Waals surface area (Å²) in [7, 11) is -3.03. The topological polar surface area (TPSA) is 54.5 Å². The zero-order chi connectivity index (χ0) is 16.1. The van der Waals surface area contributed by atoms with Crippen molar-refractivity contribution in [2.45, 2.75) is 45.7 Å². The molecule has 2 aliphatic rings. The number of aryl methyl sites for hydroxylation is 1. The van der Waals surface area contributed by atoms with Gasteiger partial charge in [-0.3, -0.25) is 4.79 Å². The molecule has 0 radical (unpaired) electrons. The minimum atomic E-state index is -3.03. The summed E-state index contributed by atoms with van der Waals surface area (Å²) < 4.78 is 23.3. The Morgan fingerprint density at radius 3 is 2.68 bits per heavy atom. The quantitative estimate of drug-likeness (QED) is 0.796. The molecule has 0 bridgehead atoms. The summed E-state index contributed by atoms with van der Waals surface area (Å²) in [6, 6.07) is 6.20. The van der Waals surface area contributed by atoms with Crippen LogP contribution in [0.4, 0.5) is 0 Å². The van der Waals surface area contributed by atoms with Crippen molar-refractivity contribution in [3.05, 3.63) is 34.9 Å². The average Bonchev–Trinajstić information content (AvgIpc) is 2.78. The summed E-state index contributed by atoms with van der Waals surface area (Å²) in [6.45, 7) is 6.84. The van der Waals surface area contributed by atoms with Gasteiger partial charge >= 0.3 is 0 Å². The van der Waals surface area contributed by atoms with E-state index >= 15 is 0 Å². The van der Waals surface area contributed by atoms with Crippen LogP contribution in [0.15, 0.2) is 18.2 Å². The minimum absolute atomic E-state index is 0.00164. The minimum Gasteiger partial charge on any atom is -0.333 e. The van der Waals surface area contributed by atoms with Gasteiger partial charge in [-0.1, -0.05) is 18.2 Å². The number of sulfone groups is 1. The normalized spacial score (nSPS) is 25.8. The molecule has 1 amide bonds. The van der Waals surface area contributed by atoms with E-state index in [-0.39, 0.29) is 28.9 Å². The summed E-state index contributed by atoms with van der Waals surface area (Å²) in [5, 5.41) is 0. The van der Waals surface area contributed by atoms with Crippen molar-refractivity contribution < 1.29 is 13.2 Å². The van der Waals surface area contributed by atoms with Gasteiger partial charge in [-0.25, -0.2) is 8.42 Å². The Morgan fingerprint density at radius 2 is 2.05 bits per heavy atom. The summed E-state index contributed by atoms with van der Waals surface area (Å²) in [5.41, 5.74) is 3.51. The molecule has 1 aromatic carbocycles. The lowest BCUT2D eigenvalue weighted by Crippen LogP contribution is -2.53. The maximum atomic E-state index is 12.9. The molecule has 5 heteroatoms. The monoisotopic (exact) mass is 321 g/mol. The molecule has 0 aliphatic carbocycles. The average molecular weight is 321 g/mol. The van der Waals surface area contributed by atoms with Gasteiger partial charge in [0.05, 0.1) is 17.4 Å². The molecule has 120 valence electrons. The SMILES string of the molecule is Cc1cccc2c1CC(C)(C)N(C(=O)C1CCS(=O)(=O)C1)C2. The predicted molar refractivity (Wildman–Crippen MR) is 86.3 cm³/mol. The van der Waals surface area contributed by atoms with Gasteiger partial charge in [-0.05, 0) is 50.3 Å². The van der Waals surface area contributed by atoms with Gasteiger partial charge in [-0.15, -0.1) is 0 Å². The first-order valence-electron chi connectivity index (χ1n) is 7.79. The Balaban J connectivity index is 1.90. The molecule has 1 aromatic rings. The highest BCUT2D eigenvalue weighted by Crippen LogP contribution is 2.34. The van der Waals surface area contributed by atoms with Crippen LogP contribution in [0.1, 0.15) is 37.0 Å². The van der Waals surface area contributed by atoms with Crippen LogP contribution in [0.3, 0.4) is 0 Å². The highest BCUT2D eigenvalue weighted by Gasteiger charge is 2.42. The van der Waals surface area contributed by atoms with Gasteiger partial charge in [0.25, 0.3) is 0 Å². The largest absolute Gasteiger partial charge is 0.333 e. The summed E-state index contributed by atoms with van der Waals surface area (Å²) >= 11 is 0. The molecule has 1 unspecified atom stereocenters. The third-order valence-electron chi connectivity index (χ3n) is 5.02. The number of carbonyl (C=O) groups excluding carboxylic acids is 1. The summed E-state index contributed by atoms with van der Waals surface area (Å²) in [5.74, 6) is -0.208. The van der Waals surface area contributed by atoms with Crippen molar-refractivity contribution >= 4 is 15.7 Å². The fourth-order valence-corrected chi connectivity index (χ4v) is 5.40. The Kier molecular flexibility index (Phi) is 3.59. The Labute approximate surface area is 132 Å². The van der Waals surface area contributed by atoms with E-state index in [2.05, 4.69) is 32.9 Å². The van der Waals surface area contributed by atoms with Gasteiger partial charge < -0.3 is 4.90 Å². The van der Waals surface area contributed by atoms with Crippen LogP contribution in [0, 0.1) is 12.8 Å². The lowest BCUT2D eigenvalue weighted by Gasteiger charge is -2.45. The van der Waals surface area contributed by atoms with Crippen molar-refractivity contribution in [1.82, 2.24) is 4.90 Å². The molecular weight excluding hydrogens is 298 g/mol. The van der Waals surface area contributed by atoms with Crippen LogP contribution < -0.4 is 0 Å². The first kappa shape index (κ1) is 15.5. The maximum Gasteiger partial charge on any atom is 0.227 e. The van der Waals surface area contributed by atoms with Crippen molar-refractivity contribution in [2.75, 3.05) is 11.5 Å². The van der Waals surface area contributed by atoms with E-state index in [1.54, 1.807) is 0 Å². The van der Waals surface area contributed by atoms with E-state index in [1.165, 1.54) is 16.7 Å². The van der Waals surface area contributed by atoms with Gasteiger partial charge in [0.1, 0.15) is 0 Å². The van der Waals surface area contributed by atoms with Gasteiger partial charge in [0, 0.05) is 12.1 Å². The van der Waals surface area contributed by atoms with Crippen LogP contribution in [0.2, 0.25) is 0 Å². The van der Waals surface area contributed by atoms with Crippen LogP contribution >= 0.6 is 0 Å². The number of nitrogens with zero attached hydrogens (tertiary/aromatic N) is 1. The van der Waals surface area contributed by atoms with E-state index in [1.807, 2.05) is 11.0 Å². The molecule has 4 nitrogen and oxygen atoms in total. The third-order valence-corrected chi connectivity index (χ3v) is 6.79. The van der Waals surface area contributed by atoms with Gasteiger partial charge in [0.2, 0.25) is 5.91 Å². The number of hydrogen-bond donors (Lipinski definition) is 0. The second-order valence-corrected chi connectivity index (χ2v) is 9.45. The first-order chi connectivity index (χ1) is 10.2. The molecule has 1 fully saturated rings. The first-order valence-corrected chi connectivity index (χ1v) is 9.61. The van der Waals surface area contributed by atoms with Crippen molar-refractivity contribution in [3.8, 4) is 0 Å². The molecule has 0 saturated carbocycles. The van der Waals surface area contributed by atoms with E-state index < -0.39 is 9.84 Å². The lowest BCUT2D eigenvalue weighted by molar-refractivity contribution is -0.141. The molecule has 0 aromatic heterocycles. The molecule has 1 atom stereocenters. The Bertz CT molecular complexity index is 721. The third kappa shape index (κ3) is 2.67. The highest BCUT2D eigenvalue weighted by molar-refractivity contribution is 7.91. The standard InChI is InChI=1S/C17H23NO3S/c1-12-5-4-6-13-10-18(17(2,3)9-15(12)13)16(19)14-7-8-22(20,21)11-14/h4-6,14H,7-11H2,1-3H3. The van der Waals surface area contributed by atoms with Crippen molar-refractivity contribution in [3.63, 3.8) is 0 Å². The van der Waals surface area contributed by atoms with Crippen LogP contribution in [0.5, 0.6) is 0 Å². The van der Waals surface area contributed by atoms with E-state index in [0.717, 1.165) is 6.42 Å². The molecule has 1 saturated heterocycles. The lowest BCUT2D eigenvalue weighted by atomic mass is 9.82. The van der Waals surface area contributed by atoms with E-state index in [9.17, 15) is 13.2 Å². The number of amides is 1. The highest BCUT2D eigenvalue weighted by atomic mass is 32.2. The molecule has 0 N–H and O–H groups in total. The second kappa shape index (κ2) is 5.08. The van der Waals surface area contributed by atoms with Crippen LogP contribution in [0.25, 0.3) is 0 Å². The van der Waals surface area contributed by atoms with E-state index in [4.69, 9.17) is 0 Å². The molecule has 2 aliphatic heterocycles. The Hall–Kier alpha value is -1.36. The molecule has 22 heavy (non-hydrogen) atoms. The molecule has 2 heterocycles. The molecule has 3 rings (SSSR count). The predicted octanol–water partition coefficient (Wildman–Crippen LogP) is 2.09. The van der Waals surface area contributed by atoms with Gasteiger partial charge in [-0.2, -0.15) is 0 Å². The summed E-state index contributed by atoms with van der Waals surface area (Å²) in [4.78, 5) is 14.7. The number of hydrogen-bond acceptors (Lipinski definition) is 3. The summed E-state index contributed by atoms with van der Waals surface area (Å²) in [6.07, 6.45) is 1.29. The number of benzene rings is 1. The van der Waals surface area contributed by atoms with Crippen molar-refractivity contribution in [2.24, 2.45) is 5.92 Å². The van der Waals surface area contributed by atoms with Gasteiger partial charge in [0.15, 0.2) is 9.84 Å². The fraction of sp³-hybridized carbons (Fsp3) is 0.588. The smallest absolute Gasteiger partial charge is 0.227 e. The zero-order valence-corrected chi connectivity index (χ0v) is 14.2. The zero-order valence-electron chi connectivity index (χ0n) is 13.4. The fourth-order valence-electron chi connectivity index (χ4n) is 3.66. The van der Waals surface area contributed by atoms with E-state index in [0.29, 0.717) is 13.0 Å². The van der Waals surface area contributed by atoms with Crippen LogP contribution in [-0.2, 0) is 27.6 Å². The maximum absolute atomic E-state index is 12.9.